The number of benzene rings is 8. The van der Waals surface area contributed by atoms with Gasteiger partial charge in [-0.3, -0.25) is 0 Å². The number of aliphatic hydroxyl groups is 1. The Kier molecular flexibility index (Phi) is 36.9. The van der Waals surface area contributed by atoms with E-state index in [9.17, 15) is 5.11 Å². The summed E-state index contributed by atoms with van der Waals surface area (Å²) in [5.41, 5.74) is 21.4. The monoisotopic (exact) mass is 1260 g/mol. The fourth-order valence-electron chi connectivity index (χ4n) is 9.29. The fraction of sp³-hybridized carbons (Fsp3) is 0.333. The van der Waals surface area contributed by atoms with Crippen LogP contribution < -0.4 is 18.9 Å². The standard InChI is InChI=1S/C25H28O3.C25H28O2.C9H11Br.C7H8O2.C6H14O4.Al.Na.2H/c1-17-5-18(2)8-22(7-17)15-27-24-11-21(14-26)12-25(13-24)28-16-23-9-19(3)6-20(4)10-23;1-17-6-18(2)9-22(8-17)15-26-24-12-21(5)13-25(14-24)27-16-23-10-19(3)7-20(4)11-23;1-7-3-8(2)5-9(4-7)6-10;1-5-2-6(8)4-7(9)3-5;1-7-3-5-9-10-6-4-8-2;;;;/h5-13,26H,14-16H2,1-4H3;6-14H,15-16H2,1-5H3;3-5H,6H2,1-2H3;2-4,8-9H,1H3;3-6H2,1-2H3;;;;. The summed E-state index contributed by atoms with van der Waals surface area (Å²) in [7, 11) is 3.22. The van der Waals surface area contributed by atoms with E-state index < -0.39 is 0 Å². The largest absolute Gasteiger partial charge is 0.508 e. The molecule has 2 radical (unpaired) electrons. The summed E-state index contributed by atoms with van der Waals surface area (Å²) in [6.07, 6.45) is 0. The molecule has 0 heterocycles. The Hall–Kier alpha value is -5.63. The molecule has 8 aromatic carbocycles. The van der Waals surface area contributed by atoms with E-state index >= 15 is 0 Å². The Bertz CT molecular complexity index is 2970. The van der Waals surface area contributed by atoms with Crippen molar-refractivity contribution in [3.05, 3.63) is 246 Å². The zero-order chi connectivity index (χ0) is 61.6. The Morgan fingerprint density at radius 3 is 0.791 bits per heavy atom. The van der Waals surface area contributed by atoms with Gasteiger partial charge < -0.3 is 43.7 Å². The third kappa shape index (κ3) is 31.8. The minimum Gasteiger partial charge on any atom is -0.508 e. The van der Waals surface area contributed by atoms with E-state index in [2.05, 4.69) is 193 Å². The Balaban J connectivity index is 0.000000399. The molecular weight excluding hydrogens is 1170 g/mol. The van der Waals surface area contributed by atoms with Crippen molar-refractivity contribution in [2.45, 2.75) is 121 Å². The van der Waals surface area contributed by atoms with E-state index in [0.29, 0.717) is 64.4 Å². The first-order valence-corrected chi connectivity index (χ1v) is 29.2. The van der Waals surface area contributed by atoms with Gasteiger partial charge in [0, 0.05) is 67.3 Å². The van der Waals surface area contributed by atoms with Crippen LogP contribution in [-0.2, 0) is 57.6 Å². The van der Waals surface area contributed by atoms with Gasteiger partial charge in [-0.05, 0) is 164 Å². The molecule has 3 N–H and O–H groups in total. The van der Waals surface area contributed by atoms with Crippen molar-refractivity contribution in [3.63, 3.8) is 0 Å². The number of alkyl halides is 1. The van der Waals surface area contributed by atoms with Gasteiger partial charge in [0.25, 0.3) is 0 Å². The van der Waals surface area contributed by atoms with Gasteiger partial charge in [-0.2, -0.15) is 0 Å². The average Bonchev–Trinajstić information content (AvgIpc) is 3.61. The zero-order valence-electron chi connectivity index (χ0n) is 53.9. The van der Waals surface area contributed by atoms with Crippen LogP contribution in [0.2, 0.25) is 0 Å². The van der Waals surface area contributed by atoms with Gasteiger partial charge in [0.05, 0.1) is 19.8 Å². The first kappa shape index (κ1) is 76.5. The van der Waals surface area contributed by atoms with Crippen LogP contribution in [0.4, 0.5) is 0 Å². The molecule has 0 atom stereocenters. The van der Waals surface area contributed by atoms with Crippen LogP contribution in [0, 0.1) is 83.1 Å². The molecule has 456 valence electrons. The fourth-order valence-corrected chi connectivity index (χ4v) is 9.61. The minimum absolute atomic E-state index is 0. The molecule has 0 saturated carbocycles. The second-order valence-electron chi connectivity index (χ2n) is 21.4. The molecule has 0 aliphatic carbocycles. The molecule has 0 aliphatic heterocycles. The normalized spacial score (nSPS) is 10.2. The topological polar surface area (TPSA) is 135 Å². The van der Waals surface area contributed by atoms with Crippen LogP contribution in [-0.4, -0.2) is 103 Å². The Labute approximate surface area is 554 Å². The SMILES string of the molecule is COCCOOCCOC.Cc1cc(C)cc(CBr)c1.Cc1cc(C)cc(COc2cc(C)cc(OCc3cc(C)cc(C)c3)c2)c1.Cc1cc(C)cc(COc2cc(CO)cc(OCc3cc(C)cc(C)c3)c2)c1.Cc1cc(O)cc(O)c1.[AlH2].[Na]. The van der Waals surface area contributed by atoms with Gasteiger partial charge in [-0.25, -0.2) is 9.78 Å². The van der Waals surface area contributed by atoms with Crippen molar-refractivity contribution >= 4 is 62.8 Å². The molecule has 8 rings (SSSR count). The summed E-state index contributed by atoms with van der Waals surface area (Å²) >= 11 is 3.43. The van der Waals surface area contributed by atoms with Gasteiger partial charge in [0.2, 0.25) is 0 Å². The molecule has 0 fully saturated rings. The maximum Gasteiger partial charge on any atom is 0.146 e. The summed E-state index contributed by atoms with van der Waals surface area (Å²) in [4.78, 5) is 9.34. The quantitative estimate of drug-likeness (QED) is 0.0209. The number of phenolic OH excluding ortho intramolecular Hbond substituents is 2. The van der Waals surface area contributed by atoms with Crippen molar-refractivity contribution in [2.24, 2.45) is 0 Å². The zero-order valence-corrected chi connectivity index (χ0v) is 59.5. The molecule has 0 saturated heterocycles. The Morgan fingerprint density at radius 1 is 0.302 bits per heavy atom. The smallest absolute Gasteiger partial charge is 0.146 e. The maximum atomic E-state index is 9.59. The van der Waals surface area contributed by atoms with Crippen molar-refractivity contribution in [3.8, 4) is 34.5 Å². The number of phenols is 2. The number of ether oxygens (including phenoxy) is 6. The molecule has 0 aliphatic rings. The second kappa shape index (κ2) is 41.5. The number of aryl methyl sites for hydroxylation is 12. The minimum atomic E-state index is -0.0549. The van der Waals surface area contributed by atoms with Crippen LogP contribution in [0.1, 0.15) is 100 Å². The first-order chi connectivity index (χ1) is 40.1. The average molecular weight is 1260 g/mol. The molecule has 0 amide bonds. The predicted octanol–water partition coefficient (Wildman–Crippen LogP) is 15.5. The van der Waals surface area contributed by atoms with Crippen molar-refractivity contribution in [2.75, 3.05) is 40.6 Å². The van der Waals surface area contributed by atoms with Gasteiger partial charge in [-0.1, -0.05) is 163 Å². The van der Waals surface area contributed by atoms with Crippen molar-refractivity contribution in [1.82, 2.24) is 0 Å². The molecule has 0 bridgehead atoms. The number of hydrogen-bond acceptors (Lipinski definition) is 11. The van der Waals surface area contributed by atoms with Crippen LogP contribution in [0.5, 0.6) is 34.5 Å². The first-order valence-electron chi connectivity index (χ1n) is 28.1. The van der Waals surface area contributed by atoms with Gasteiger partial charge >= 0.3 is 0 Å². The molecule has 0 spiro atoms. The number of hydrogen-bond donors (Lipinski definition) is 3. The van der Waals surface area contributed by atoms with E-state index in [1.165, 1.54) is 78.4 Å². The summed E-state index contributed by atoms with van der Waals surface area (Å²) < 4.78 is 33.5. The molecule has 14 heteroatoms. The van der Waals surface area contributed by atoms with Crippen LogP contribution >= 0.6 is 15.9 Å². The van der Waals surface area contributed by atoms with Crippen LogP contribution in [0.15, 0.2) is 146 Å². The number of halogens is 1. The molecular formula is C72H91AlBrNaO11. The van der Waals surface area contributed by atoms with E-state index in [4.69, 9.17) is 38.6 Å². The Morgan fingerprint density at radius 2 is 0.547 bits per heavy atom. The molecule has 0 unspecified atom stereocenters. The number of aromatic hydroxyl groups is 2. The van der Waals surface area contributed by atoms with Crippen molar-refractivity contribution in [1.29, 1.82) is 0 Å². The van der Waals surface area contributed by atoms with Gasteiger partial charge in [0.15, 0.2) is 0 Å². The summed E-state index contributed by atoms with van der Waals surface area (Å²) in [6, 6.07) is 48.5. The van der Waals surface area contributed by atoms with Crippen LogP contribution in [0.3, 0.4) is 0 Å². The molecule has 11 nitrogen and oxygen atoms in total. The predicted molar refractivity (Wildman–Crippen MR) is 358 cm³/mol. The summed E-state index contributed by atoms with van der Waals surface area (Å²) in [5.74, 6) is 3.27. The number of rotatable bonds is 21. The second-order valence-corrected chi connectivity index (χ2v) is 21.9. The van der Waals surface area contributed by atoms with E-state index in [1.54, 1.807) is 33.3 Å². The van der Waals surface area contributed by atoms with E-state index in [0.717, 1.165) is 44.6 Å². The molecule has 0 aromatic heterocycles. The van der Waals surface area contributed by atoms with E-state index in [-0.39, 0.29) is 65.0 Å². The van der Waals surface area contributed by atoms with E-state index in [1.807, 2.05) is 36.4 Å². The summed E-state index contributed by atoms with van der Waals surface area (Å²) in [6.45, 7) is 28.9. The number of aliphatic hydroxyl groups excluding tert-OH is 1. The third-order valence-electron chi connectivity index (χ3n) is 12.2. The number of methoxy groups -OCH3 is 2. The third-order valence-corrected chi connectivity index (χ3v) is 12.8. The molecule has 86 heavy (non-hydrogen) atoms. The van der Waals surface area contributed by atoms with Crippen molar-refractivity contribution < 1.29 is 53.5 Å². The molecule has 8 aromatic rings. The summed E-state index contributed by atoms with van der Waals surface area (Å²) in [5, 5.41) is 28.2. The van der Waals surface area contributed by atoms with Crippen LogP contribution in [0.25, 0.3) is 0 Å². The maximum absolute atomic E-state index is 9.59. The van der Waals surface area contributed by atoms with Gasteiger partial charge in [0.1, 0.15) is 91.5 Å². The van der Waals surface area contributed by atoms with Gasteiger partial charge in [-0.15, -0.1) is 0 Å².